The van der Waals surface area contributed by atoms with Crippen LogP contribution in [-0.4, -0.2) is 65.3 Å². The third-order valence-electron chi connectivity index (χ3n) is 10.8. The molecule has 3 heterocycles. The molecule has 3 amide bonds. The Morgan fingerprint density at radius 2 is 0.592 bits per heavy atom. The summed E-state index contributed by atoms with van der Waals surface area (Å²) in [4.78, 5) is 85.3. The number of amides is 3. The van der Waals surface area contributed by atoms with Gasteiger partial charge >= 0.3 is 0 Å². The smallest absolute Gasteiger partial charge is 0.292 e. The molecule has 76 heavy (non-hydrogen) atoms. The van der Waals surface area contributed by atoms with Gasteiger partial charge in [0.25, 0.3) is 17.7 Å². The number of allylic oxidation sites excluding steroid dienone is 3. The molecule has 9 aromatic rings. The Labute approximate surface area is 458 Å². The summed E-state index contributed by atoms with van der Waals surface area (Å²) < 4.78 is 2.82. The monoisotopic (exact) mass is 1110 g/mol. The van der Waals surface area contributed by atoms with Gasteiger partial charge in [0.2, 0.25) is 0 Å². The number of nitrogens with zero attached hydrogens (tertiary/aromatic N) is 3. The van der Waals surface area contributed by atoms with Gasteiger partial charge in [-0.3, -0.25) is 44.7 Å². The van der Waals surface area contributed by atoms with Crippen LogP contribution in [0.1, 0.15) is 64.5 Å². The fourth-order valence-electron chi connectivity index (χ4n) is 6.71. The molecule has 9 rings (SSSR count). The number of aromatic nitrogens is 3. The average molecular weight is 1110 g/mol. The van der Waals surface area contributed by atoms with E-state index in [1.807, 2.05) is 96.1 Å². The summed E-state index contributed by atoms with van der Waals surface area (Å²) in [6.45, 7) is 11.7. The van der Waals surface area contributed by atoms with Gasteiger partial charge in [0.05, 0.1) is 30.6 Å². The second-order valence-electron chi connectivity index (χ2n) is 17.1. The third kappa shape index (κ3) is 15.5. The fourth-order valence-corrected chi connectivity index (χ4v) is 9.59. The summed E-state index contributed by atoms with van der Waals surface area (Å²) in [5.74, 6) is -5.57. The number of carbonyl (C=O) groups is 6. The van der Waals surface area contributed by atoms with E-state index in [-0.39, 0.29) is 17.1 Å². The Balaban J connectivity index is 0.000000184. The van der Waals surface area contributed by atoms with Crippen molar-refractivity contribution >= 4 is 115 Å². The molecule has 0 radical (unpaired) electrons. The van der Waals surface area contributed by atoms with Crippen molar-refractivity contribution in [1.82, 2.24) is 15.0 Å². The van der Waals surface area contributed by atoms with Crippen molar-refractivity contribution in [2.75, 3.05) is 16.0 Å². The zero-order chi connectivity index (χ0) is 53.9. The molecule has 386 valence electrons. The van der Waals surface area contributed by atoms with Crippen molar-refractivity contribution in [2.45, 2.75) is 41.5 Å². The molecule has 0 aliphatic heterocycles. The van der Waals surface area contributed by atoms with Crippen LogP contribution in [0.3, 0.4) is 0 Å². The first-order valence-corrected chi connectivity index (χ1v) is 25.3. The number of aryl methyl sites for hydroxylation is 6. The van der Waals surface area contributed by atoms with Crippen molar-refractivity contribution < 1.29 is 61.2 Å². The minimum atomic E-state index is -0.767. The molecule has 3 aromatic heterocycles. The number of rotatable bonds is 12. The minimum Gasteiger partial charge on any atom is -0.503 e. The normalized spacial score (nSPS) is 11.4. The zero-order valence-corrected chi connectivity index (χ0v) is 45.1. The van der Waals surface area contributed by atoms with Gasteiger partial charge in [-0.15, -0.1) is 0 Å². The van der Waals surface area contributed by atoms with Crippen LogP contribution in [-0.2, 0) is 31.5 Å². The van der Waals surface area contributed by atoms with Crippen molar-refractivity contribution in [3.05, 3.63) is 213 Å². The van der Waals surface area contributed by atoms with Crippen LogP contribution in [0.15, 0.2) is 163 Å². The largest absolute Gasteiger partial charge is 0.503 e. The maximum Gasteiger partial charge on any atom is 0.292 e. The number of aliphatic hydroxyl groups is 3. The van der Waals surface area contributed by atoms with Crippen LogP contribution in [0.5, 0.6) is 0 Å². The molecular formula is C57H48FeN6O9S3. The van der Waals surface area contributed by atoms with E-state index in [9.17, 15) is 44.1 Å². The number of nitrogens with one attached hydrogen (secondary N) is 3. The van der Waals surface area contributed by atoms with E-state index in [4.69, 9.17) is 0 Å². The second-order valence-corrected chi connectivity index (χ2v) is 20.2. The number of fused-ring (bicyclic) bond motifs is 3. The first kappa shape index (κ1) is 56.8. The topological polar surface area (TPSA) is 238 Å². The van der Waals surface area contributed by atoms with Gasteiger partial charge in [-0.2, -0.15) is 0 Å². The van der Waals surface area contributed by atoms with Crippen LogP contribution in [0.2, 0.25) is 0 Å². The third-order valence-corrected chi connectivity index (χ3v) is 13.6. The Bertz CT molecular complexity index is 3360. The predicted molar refractivity (Wildman–Crippen MR) is 298 cm³/mol. The predicted octanol–water partition coefficient (Wildman–Crippen LogP) is 12.5. The molecule has 0 saturated heterocycles. The quantitative estimate of drug-likeness (QED) is 0.0290. The second kappa shape index (κ2) is 25.7. The molecule has 0 bridgehead atoms. The standard InChI is InChI=1S/3C19H16N2O3S.Fe/c3*1-11-3-6-13(7-4-11)15(22)10-16(23)18(24)21-19-20-14-8-5-12(2)9-17(14)25-19;/h3*3-10,23H,1-2H3,(H,20,21,24);. The number of anilines is 3. The number of hydrogen-bond donors (Lipinski definition) is 6. The molecule has 0 atom stereocenters. The Morgan fingerprint density at radius 1 is 0.368 bits per heavy atom. The van der Waals surface area contributed by atoms with Crippen LogP contribution < -0.4 is 16.0 Å². The molecular weight excluding hydrogens is 1060 g/mol. The van der Waals surface area contributed by atoms with E-state index < -0.39 is 52.3 Å². The van der Waals surface area contributed by atoms with Gasteiger partial charge in [-0.05, 0) is 94.6 Å². The van der Waals surface area contributed by atoms with Crippen molar-refractivity contribution in [3.8, 4) is 0 Å². The maximum absolute atomic E-state index is 12.1. The van der Waals surface area contributed by atoms with E-state index in [0.717, 1.165) is 82.3 Å². The first-order chi connectivity index (χ1) is 35.8. The van der Waals surface area contributed by atoms with Gasteiger partial charge < -0.3 is 15.3 Å². The van der Waals surface area contributed by atoms with E-state index >= 15 is 0 Å². The minimum absolute atomic E-state index is 0. The fraction of sp³-hybridized carbons (Fsp3) is 0.105. The summed E-state index contributed by atoms with van der Waals surface area (Å²) in [5.41, 5.74) is 9.87. The van der Waals surface area contributed by atoms with Crippen LogP contribution >= 0.6 is 34.0 Å². The average Bonchev–Trinajstić information content (AvgIpc) is 4.09. The summed E-state index contributed by atoms with van der Waals surface area (Å²) in [6, 6.07) is 38.0. The molecule has 19 heteroatoms. The SMILES string of the molecule is Cc1ccc(C(=O)C=C(O)C(=O)Nc2nc3ccc(C)cc3s2)cc1.Cc1ccc(C(=O)C=C(O)C(=O)Nc2nc3ccc(C)cc3s2)cc1.Cc1ccc(C(=O)C=C(O)C(=O)Nc2nc3ccc(C)cc3s2)cc1.[Fe]. The van der Waals surface area contributed by atoms with Crippen LogP contribution in [0, 0.1) is 41.5 Å². The van der Waals surface area contributed by atoms with E-state index in [0.29, 0.717) is 32.1 Å². The number of carbonyl (C=O) groups excluding carboxylic acids is 6. The van der Waals surface area contributed by atoms with Gasteiger partial charge in [0, 0.05) is 52.0 Å². The maximum atomic E-state index is 12.1. The van der Waals surface area contributed by atoms with E-state index in [2.05, 4.69) is 30.9 Å². The molecule has 0 fully saturated rings. The summed E-state index contributed by atoms with van der Waals surface area (Å²) in [5, 5.41) is 38.3. The van der Waals surface area contributed by atoms with Crippen molar-refractivity contribution in [2.24, 2.45) is 0 Å². The summed E-state index contributed by atoms with van der Waals surface area (Å²) in [7, 11) is 0. The van der Waals surface area contributed by atoms with Crippen molar-refractivity contribution in [3.63, 3.8) is 0 Å². The Kier molecular flexibility index (Phi) is 19.2. The molecule has 15 nitrogen and oxygen atoms in total. The van der Waals surface area contributed by atoms with Gasteiger partial charge in [-0.1, -0.05) is 142 Å². The van der Waals surface area contributed by atoms with E-state index in [1.54, 1.807) is 72.8 Å². The van der Waals surface area contributed by atoms with Crippen LogP contribution in [0.25, 0.3) is 30.6 Å². The van der Waals surface area contributed by atoms with Crippen LogP contribution in [0.4, 0.5) is 15.4 Å². The van der Waals surface area contributed by atoms with Crippen molar-refractivity contribution in [1.29, 1.82) is 0 Å². The zero-order valence-electron chi connectivity index (χ0n) is 41.6. The molecule has 6 N–H and O–H groups in total. The number of benzene rings is 6. The molecule has 0 aliphatic rings. The molecule has 0 unspecified atom stereocenters. The van der Waals surface area contributed by atoms with Gasteiger partial charge in [0.15, 0.2) is 50.0 Å². The molecule has 6 aromatic carbocycles. The Morgan fingerprint density at radius 3 is 0.829 bits per heavy atom. The van der Waals surface area contributed by atoms with Gasteiger partial charge in [0.1, 0.15) is 0 Å². The molecule has 0 saturated carbocycles. The molecule has 0 spiro atoms. The number of thiazole rings is 3. The molecule has 0 aliphatic carbocycles. The Hall–Kier alpha value is -8.45. The summed E-state index contributed by atoms with van der Waals surface area (Å²) >= 11 is 3.92. The van der Waals surface area contributed by atoms with Gasteiger partial charge in [-0.25, -0.2) is 15.0 Å². The first-order valence-electron chi connectivity index (χ1n) is 22.9. The number of aliphatic hydroxyl groups excluding tert-OH is 3. The van der Waals surface area contributed by atoms with E-state index in [1.165, 1.54) is 34.0 Å². The summed E-state index contributed by atoms with van der Waals surface area (Å²) in [6.07, 6.45) is 2.74. The number of ketones is 3. The number of hydrogen-bond acceptors (Lipinski definition) is 15.